The van der Waals surface area contributed by atoms with Gasteiger partial charge in [-0.15, -0.1) is 11.3 Å². The van der Waals surface area contributed by atoms with Gasteiger partial charge in [0.2, 0.25) is 0 Å². The zero-order valence-electron chi connectivity index (χ0n) is 11.0. The Labute approximate surface area is 130 Å². The molecule has 2 aromatic rings. The third kappa shape index (κ3) is 4.31. The predicted molar refractivity (Wildman–Crippen MR) is 81.3 cm³/mol. The SMILES string of the molecule is O=C(CCCOC(=O)c1ccc(Cl)cc1O)c1cccs1. The number of carbonyl (C=O) groups excluding carboxylic acids is 2. The fourth-order valence-electron chi connectivity index (χ4n) is 1.71. The van der Waals surface area contributed by atoms with Crippen LogP contribution in [0, 0.1) is 0 Å². The number of benzene rings is 1. The van der Waals surface area contributed by atoms with Gasteiger partial charge >= 0.3 is 5.97 Å². The van der Waals surface area contributed by atoms with Crippen molar-refractivity contribution < 1.29 is 19.4 Å². The molecule has 0 fully saturated rings. The fraction of sp³-hybridized carbons (Fsp3) is 0.200. The molecule has 2 rings (SSSR count). The first-order valence-electron chi connectivity index (χ1n) is 6.30. The van der Waals surface area contributed by atoms with Crippen molar-refractivity contribution >= 4 is 34.7 Å². The first kappa shape index (κ1) is 15.5. The Kier molecular flexibility index (Phi) is 5.36. The van der Waals surface area contributed by atoms with Gasteiger partial charge in [0.05, 0.1) is 11.5 Å². The molecule has 0 bridgehead atoms. The summed E-state index contributed by atoms with van der Waals surface area (Å²) >= 11 is 7.08. The number of esters is 1. The number of phenolic OH excluding ortho intramolecular Hbond substituents is 1. The third-order valence-corrected chi connectivity index (χ3v) is 3.90. The van der Waals surface area contributed by atoms with E-state index in [9.17, 15) is 14.7 Å². The smallest absolute Gasteiger partial charge is 0.341 e. The molecule has 1 aromatic carbocycles. The van der Waals surface area contributed by atoms with Crippen molar-refractivity contribution in [2.75, 3.05) is 6.61 Å². The summed E-state index contributed by atoms with van der Waals surface area (Å²) in [5.41, 5.74) is 0.0592. The van der Waals surface area contributed by atoms with Crippen molar-refractivity contribution in [3.05, 3.63) is 51.2 Å². The maximum atomic E-state index is 11.7. The number of rotatable bonds is 6. The van der Waals surface area contributed by atoms with E-state index >= 15 is 0 Å². The largest absolute Gasteiger partial charge is 0.507 e. The minimum Gasteiger partial charge on any atom is -0.507 e. The average molecular weight is 325 g/mol. The van der Waals surface area contributed by atoms with E-state index in [2.05, 4.69) is 0 Å². The highest BCUT2D eigenvalue weighted by molar-refractivity contribution is 7.12. The molecular weight excluding hydrogens is 312 g/mol. The van der Waals surface area contributed by atoms with Crippen LogP contribution in [0.25, 0.3) is 0 Å². The van der Waals surface area contributed by atoms with Crippen molar-refractivity contribution in [3.8, 4) is 5.75 Å². The highest BCUT2D eigenvalue weighted by atomic mass is 35.5. The number of hydrogen-bond donors (Lipinski definition) is 1. The lowest BCUT2D eigenvalue weighted by atomic mass is 10.2. The number of carbonyl (C=O) groups is 2. The molecule has 110 valence electrons. The molecule has 0 atom stereocenters. The van der Waals surface area contributed by atoms with Gasteiger partial charge in [-0.3, -0.25) is 4.79 Å². The summed E-state index contributed by atoms with van der Waals surface area (Å²) < 4.78 is 5.03. The second-order valence-electron chi connectivity index (χ2n) is 4.30. The molecule has 0 aliphatic carbocycles. The van der Waals surface area contributed by atoms with Crippen molar-refractivity contribution in [1.82, 2.24) is 0 Å². The van der Waals surface area contributed by atoms with Crippen LogP contribution in [0.2, 0.25) is 5.02 Å². The molecule has 0 unspecified atom stereocenters. The Morgan fingerprint density at radius 2 is 2.10 bits per heavy atom. The van der Waals surface area contributed by atoms with Crippen LogP contribution in [0.15, 0.2) is 35.7 Å². The highest BCUT2D eigenvalue weighted by Crippen LogP contribution is 2.22. The third-order valence-electron chi connectivity index (χ3n) is 2.76. The number of hydrogen-bond acceptors (Lipinski definition) is 5. The standard InChI is InChI=1S/C15H13ClO4S/c16-10-5-6-11(13(18)9-10)15(19)20-7-1-3-12(17)14-4-2-8-21-14/h2,4-6,8-9,18H,1,3,7H2. The molecule has 0 amide bonds. The molecule has 0 radical (unpaired) electrons. The summed E-state index contributed by atoms with van der Waals surface area (Å²) in [6.45, 7) is 0.123. The van der Waals surface area contributed by atoms with E-state index in [-0.39, 0.29) is 23.7 Å². The Bertz CT molecular complexity index is 637. The van der Waals surface area contributed by atoms with Gasteiger partial charge in [0, 0.05) is 11.4 Å². The van der Waals surface area contributed by atoms with Gasteiger partial charge in [0.1, 0.15) is 11.3 Å². The lowest BCUT2D eigenvalue weighted by Crippen LogP contribution is -2.08. The molecule has 0 saturated carbocycles. The number of aromatic hydroxyl groups is 1. The first-order chi connectivity index (χ1) is 10.1. The second-order valence-corrected chi connectivity index (χ2v) is 5.69. The lowest BCUT2D eigenvalue weighted by molar-refractivity contribution is 0.0491. The monoisotopic (exact) mass is 324 g/mol. The normalized spacial score (nSPS) is 10.3. The molecular formula is C15H13ClO4S. The van der Waals surface area contributed by atoms with Gasteiger partial charge in [-0.1, -0.05) is 17.7 Å². The minimum absolute atomic E-state index is 0.0374. The zero-order chi connectivity index (χ0) is 15.2. The van der Waals surface area contributed by atoms with Gasteiger partial charge in [0.25, 0.3) is 0 Å². The number of thiophene rings is 1. The van der Waals surface area contributed by atoms with E-state index in [0.29, 0.717) is 22.7 Å². The van der Waals surface area contributed by atoms with Gasteiger partial charge in [-0.2, -0.15) is 0 Å². The van der Waals surface area contributed by atoms with E-state index in [1.807, 2.05) is 11.4 Å². The highest BCUT2D eigenvalue weighted by Gasteiger charge is 2.13. The molecule has 0 spiro atoms. The summed E-state index contributed by atoms with van der Waals surface area (Å²) in [6, 6.07) is 7.76. The van der Waals surface area contributed by atoms with Crippen LogP contribution in [0.3, 0.4) is 0 Å². The van der Waals surface area contributed by atoms with Crippen LogP contribution in [-0.4, -0.2) is 23.5 Å². The van der Waals surface area contributed by atoms with Crippen LogP contribution in [0.1, 0.15) is 32.9 Å². The van der Waals surface area contributed by atoms with E-state index in [1.54, 1.807) is 6.07 Å². The fourth-order valence-corrected chi connectivity index (χ4v) is 2.57. The second kappa shape index (κ2) is 7.24. The molecule has 0 saturated heterocycles. The number of ketones is 1. The molecule has 1 aromatic heterocycles. The van der Waals surface area contributed by atoms with Gasteiger partial charge in [0.15, 0.2) is 5.78 Å². The quantitative estimate of drug-likeness (QED) is 0.497. The zero-order valence-corrected chi connectivity index (χ0v) is 12.6. The van der Waals surface area contributed by atoms with Crippen LogP contribution >= 0.6 is 22.9 Å². The number of Topliss-reactive ketones (excluding diaryl/α,β-unsaturated/α-hetero) is 1. The Morgan fingerprint density at radius 3 is 2.76 bits per heavy atom. The summed E-state index contributed by atoms with van der Waals surface area (Å²) in [4.78, 5) is 24.2. The molecule has 0 aliphatic rings. The van der Waals surface area contributed by atoms with Crippen LogP contribution < -0.4 is 0 Å². The van der Waals surface area contributed by atoms with E-state index < -0.39 is 5.97 Å². The average Bonchev–Trinajstić information content (AvgIpc) is 2.97. The molecule has 1 N–H and O–H groups in total. The van der Waals surface area contributed by atoms with Crippen molar-refractivity contribution in [1.29, 1.82) is 0 Å². The summed E-state index contributed by atoms with van der Waals surface area (Å²) in [6.07, 6.45) is 0.761. The van der Waals surface area contributed by atoms with Crippen LogP contribution in [-0.2, 0) is 4.74 Å². The summed E-state index contributed by atoms with van der Waals surface area (Å²) in [5.74, 6) is -0.815. The molecule has 4 nitrogen and oxygen atoms in total. The van der Waals surface area contributed by atoms with Gasteiger partial charge in [-0.25, -0.2) is 4.79 Å². The van der Waals surface area contributed by atoms with Crippen LogP contribution in [0.4, 0.5) is 0 Å². The van der Waals surface area contributed by atoms with Gasteiger partial charge in [-0.05, 0) is 36.1 Å². The topological polar surface area (TPSA) is 63.6 Å². The first-order valence-corrected chi connectivity index (χ1v) is 7.56. The summed E-state index contributed by atoms with van der Waals surface area (Å²) in [5, 5.41) is 11.8. The van der Waals surface area contributed by atoms with Crippen LogP contribution in [0.5, 0.6) is 5.75 Å². The molecule has 6 heteroatoms. The van der Waals surface area contributed by atoms with E-state index in [1.165, 1.54) is 29.5 Å². The molecule has 0 aliphatic heterocycles. The van der Waals surface area contributed by atoms with E-state index in [4.69, 9.17) is 16.3 Å². The predicted octanol–water partition coefficient (Wildman–Crippen LogP) is 3.93. The number of halogens is 1. The van der Waals surface area contributed by atoms with E-state index in [0.717, 1.165) is 0 Å². The Hall–Kier alpha value is -1.85. The Morgan fingerprint density at radius 1 is 1.29 bits per heavy atom. The summed E-state index contributed by atoms with van der Waals surface area (Å²) in [7, 11) is 0. The van der Waals surface area contributed by atoms with Crippen molar-refractivity contribution in [2.24, 2.45) is 0 Å². The molecule has 21 heavy (non-hydrogen) atoms. The van der Waals surface area contributed by atoms with Crippen molar-refractivity contribution in [3.63, 3.8) is 0 Å². The molecule has 1 heterocycles. The van der Waals surface area contributed by atoms with Crippen molar-refractivity contribution in [2.45, 2.75) is 12.8 Å². The minimum atomic E-state index is -0.632. The maximum Gasteiger partial charge on any atom is 0.341 e. The Balaban J connectivity index is 1.78. The number of phenols is 1. The maximum absolute atomic E-state index is 11.7. The van der Waals surface area contributed by atoms with Gasteiger partial charge < -0.3 is 9.84 Å². The lowest BCUT2D eigenvalue weighted by Gasteiger charge is -2.06. The number of ether oxygens (including phenoxy) is 1.